The first kappa shape index (κ1) is 17.1. The summed E-state index contributed by atoms with van der Waals surface area (Å²) in [6.07, 6.45) is 0. The average Bonchev–Trinajstić information content (AvgIpc) is 1.87. The topological polar surface area (TPSA) is 0 Å². The summed E-state index contributed by atoms with van der Waals surface area (Å²) >= 11 is 0. The zero-order valence-electron chi connectivity index (χ0n) is 5.99. The van der Waals surface area contributed by atoms with Crippen molar-refractivity contribution in [3.63, 3.8) is 0 Å². The molecule has 0 N–H and O–H groups in total. The van der Waals surface area contributed by atoms with Crippen LogP contribution in [-0.2, 0) is 26.2 Å². The Morgan fingerprint density at radius 3 is 1.80 bits per heavy atom. The van der Waals surface area contributed by atoms with Gasteiger partial charge in [-0.2, -0.15) is 17.7 Å². The Labute approximate surface area is 93.7 Å². The minimum atomic E-state index is 0. The molecule has 10 heavy (non-hydrogen) atoms. The molecule has 0 atom stereocenters. The molecule has 0 fully saturated rings. The molecule has 1 aromatic carbocycles. The van der Waals surface area contributed by atoms with Crippen molar-refractivity contribution < 1.29 is 51.0 Å². The predicted molar refractivity (Wildman–Crippen MR) is 31.5 cm³/mol. The van der Waals surface area contributed by atoms with Gasteiger partial charge in [0.1, 0.15) is 0 Å². The first-order valence-corrected chi connectivity index (χ1v) is 2.49. The van der Waals surface area contributed by atoms with Crippen molar-refractivity contribution in [1.82, 2.24) is 0 Å². The van der Waals surface area contributed by atoms with Crippen molar-refractivity contribution in [2.24, 2.45) is 0 Å². The second-order valence-corrected chi connectivity index (χ2v) is 1.97. The molecular formula is C7H9Cl2Zr. The molecular weight excluding hydrogens is 246 g/mol. The van der Waals surface area contributed by atoms with Crippen LogP contribution in [0.4, 0.5) is 0 Å². The van der Waals surface area contributed by atoms with Crippen LogP contribution < -0.4 is 24.8 Å². The van der Waals surface area contributed by atoms with Gasteiger partial charge in [-0.1, -0.05) is 13.8 Å². The van der Waals surface area contributed by atoms with E-state index in [9.17, 15) is 0 Å². The Kier molecular flexibility index (Phi) is 13.5. The summed E-state index contributed by atoms with van der Waals surface area (Å²) in [5.74, 6) is 0. The van der Waals surface area contributed by atoms with Gasteiger partial charge < -0.3 is 24.8 Å². The van der Waals surface area contributed by atoms with Crippen molar-refractivity contribution >= 4 is 0 Å². The number of aryl methyl sites for hydroxylation is 2. The normalized spacial score (nSPS) is 6.60. The van der Waals surface area contributed by atoms with Crippen LogP contribution in [0.15, 0.2) is 18.2 Å². The molecule has 0 unspecified atom stereocenters. The Hall–Kier alpha value is 0.813. The van der Waals surface area contributed by atoms with E-state index in [1.54, 1.807) is 0 Å². The first-order chi connectivity index (χ1) is 3.29. The molecule has 0 nitrogen and oxygen atoms in total. The fourth-order valence-electron chi connectivity index (χ4n) is 0.718. The fourth-order valence-corrected chi connectivity index (χ4v) is 0.718. The number of hydrogen-bond acceptors (Lipinski definition) is 0. The standard InChI is InChI=1S/C7H9.2ClH.Zr/c1-6-3-4-7(2)5-6;;;/h3-5H,1-2H3;2*1H;/q-1;;;+3/p-2. The van der Waals surface area contributed by atoms with Gasteiger partial charge in [-0.15, -0.1) is 0 Å². The third-order valence-corrected chi connectivity index (χ3v) is 1.06. The third kappa shape index (κ3) is 5.59. The van der Waals surface area contributed by atoms with Gasteiger partial charge in [0.2, 0.25) is 0 Å². The molecule has 1 radical (unpaired) electrons. The van der Waals surface area contributed by atoms with E-state index in [4.69, 9.17) is 0 Å². The van der Waals surface area contributed by atoms with Crippen molar-refractivity contribution in [1.29, 1.82) is 0 Å². The van der Waals surface area contributed by atoms with Gasteiger partial charge >= 0.3 is 26.2 Å². The minimum Gasteiger partial charge on any atom is -1.00 e. The van der Waals surface area contributed by atoms with Crippen LogP contribution in [0, 0.1) is 13.8 Å². The quantitative estimate of drug-likeness (QED) is 0.415. The average molecular weight is 255 g/mol. The second-order valence-electron chi connectivity index (χ2n) is 1.97. The Morgan fingerprint density at radius 1 is 1.20 bits per heavy atom. The molecule has 0 aliphatic rings. The fraction of sp³-hybridized carbons (Fsp3) is 0.286. The van der Waals surface area contributed by atoms with E-state index >= 15 is 0 Å². The predicted octanol–water partition coefficient (Wildman–Crippen LogP) is -3.97. The van der Waals surface area contributed by atoms with Crippen LogP contribution in [-0.4, -0.2) is 0 Å². The molecule has 0 aliphatic heterocycles. The van der Waals surface area contributed by atoms with E-state index in [0.717, 1.165) is 0 Å². The summed E-state index contributed by atoms with van der Waals surface area (Å²) in [6.45, 7) is 4.21. The molecule has 1 aromatic rings. The molecule has 55 valence electrons. The summed E-state index contributed by atoms with van der Waals surface area (Å²) < 4.78 is 0. The molecule has 0 spiro atoms. The van der Waals surface area contributed by atoms with Crippen LogP contribution in [0.25, 0.3) is 0 Å². The van der Waals surface area contributed by atoms with Gasteiger partial charge in [0, 0.05) is 0 Å². The van der Waals surface area contributed by atoms with Crippen molar-refractivity contribution in [2.75, 3.05) is 0 Å². The maximum Gasteiger partial charge on any atom is 3.00 e. The van der Waals surface area contributed by atoms with E-state index in [1.165, 1.54) is 11.1 Å². The molecule has 0 heterocycles. The Bertz CT molecular complexity index is 144. The summed E-state index contributed by atoms with van der Waals surface area (Å²) in [7, 11) is 0. The maximum absolute atomic E-state index is 2.17. The summed E-state index contributed by atoms with van der Waals surface area (Å²) in [4.78, 5) is 0. The van der Waals surface area contributed by atoms with Crippen LogP contribution in [0.2, 0.25) is 0 Å². The van der Waals surface area contributed by atoms with Crippen LogP contribution in [0.1, 0.15) is 11.1 Å². The van der Waals surface area contributed by atoms with Gasteiger partial charge in [-0.3, -0.25) is 0 Å². The van der Waals surface area contributed by atoms with E-state index in [2.05, 4.69) is 32.0 Å². The summed E-state index contributed by atoms with van der Waals surface area (Å²) in [5, 5.41) is 0. The Morgan fingerprint density at radius 2 is 1.70 bits per heavy atom. The van der Waals surface area contributed by atoms with Crippen molar-refractivity contribution in [3.05, 3.63) is 29.3 Å². The molecule has 0 aliphatic carbocycles. The molecule has 0 saturated carbocycles. The van der Waals surface area contributed by atoms with Gasteiger partial charge in [0.15, 0.2) is 0 Å². The number of halogens is 2. The van der Waals surface area contributed by atoms with E-state index in [1.807, 2.05) is 0 Å². The summed E-state index contributed by atoms with van der Waals surface area (Å²) in [5.41, 5.74) is 2.72. The van der Waals surface area contributed by atoms with Gasteiger partial charge in [0.05, 0.1) is 0 Å². The molecule has 0 aromatic heterocycles. The number of rotatable bonds is 0. The molecule has 0 amide bonds. The first-order valence-electron chi connectivity index (χ1n) is 2.49. The van der Waals surface area contributed by atoms with Gasteiger partial charge in [-0.05, 0) is 0 Å². The number of hydrogen-bond donors (Lipinski definition) is 0. The monoisotopic (exact) mass is 253 g/mol. The van der Waals surface area contributed by atoms with Crippen molar-refractivity contribution in [2.45, 2.75) is 13.8 Å². The molecule has 3 heteroatoms. The molecule has 0 saturated heterocycles. The van der Waals surface area contributed by atoms with Crippen LogP contribution >= 0.6 is 0 Å². The zero-order valence-corrected chi connectivity index (χ0v) is 9.96. The SMILES string of the molecule is Cc1c[cH-]c(C)c1.[Cl-].[Cl-].[Zr+3]. The zero-order chi connectivity index (χ0) is 5.28. The van der Waals surface area contributed by atoms with E-state index < -0.39 is 0 Å². The largest absolute Gasteiger partial charge is 3.00 e. The Balaban J connectivity index is -0.000000163. The van der Waals surface area contributed by atoms with Gasteiger partial charge in [-0.25, -0.2) is 11.6 Å². The van der Waals surface area contributed by atoms with Crippen molar-refractivity contribution in [3.8, 4) is 0 Å². The minimum absolute atomic E-state index is 0. The molecule has 0 bridgehead atoms. The maximum atomic E-state index is 2.17. The van der Waals surface area contributed by atoms with Crippen LogP contribution in [0.5, 0.6) is 0 Å². The summed E-state index contributed by atoms with van der Waals surface area (Å²) in [6, 6.07) is 6.41. The smallest absolute Gasteiger partial charge is 1.00 e. The van der Waals surface area contributed by atoms with E-state index in [0.29, 0.717) is 0 Å². The van der Waals surface area contributed by atoms with Gasteiger partial charge in [0.25, 0.3) is 0 Å². The third-order valence-electron chi connectivity index (χ3n) is 1.06. The molecule has 1 rings (SSSR count). The van der Waals surface area contributed by atoms with Crippen LogP contribution in [0.3, 0.4) is 0 Å². The second kappa shape index (κ2) is 7.92. The van der Waals surface area contributed by atoms with E-state index in [-0.39, 0.29) is 51.0 Å².